The van der Waals surface area contributed by atoms with Gasteiger partial charge < -0.3 is 10.4 Å². The van der Waals surface area contributed by atoms with Gasteiger partial charge in [0.1, 0.15) is 6.04 Å². The lowest BCUT2D eigenvalue weighted by Gasteiger charge is -2.05. The lowest BCUT2D eigenvalue weighted by atomic mass is 10.4. The van der Waals surface area contributed by atoms with Gasteiger partial charge in [-0.2, -0.15) is 22.5 Å². The fourth-order valence-corrected chi connectivity index (χ4v) is 1.32. The fraction of sp³-hybridized carbons (Fsp3) is 0.500. The Morgan fingerprint density at radius 3 is 2.60 bits per heavy atom. The number of carboxylic acids is 1. The van der Waals surface area contributed by atoms with E-state index in [1.807, 2.05) is 0 Å². The Morgan fingerprint density at radius 2 is 2.20 bits per heavy atom. The standard InChI is InChI=1S/C6H6F3N3O2S/c1-2(3(13)14)10-5-11-4(12-15-5)6(7,8)9/h2H,1H3,(H,13,14)(H,10,11,12)/t2-/m1/s1. The maximum atomic E-state index is 12.0. The summed E-state index contributed by atoms with van der Waals surface area (Å²) in [5, 5.41) is 10.6. The van der Waals surface area contributed by atoms with Gasteiger partial charge in [-0.25, -0.2) is 0 Å². The summed E-state index contributed by atoms with van der Waals surface area (Å²) in [5.41, 5.74) is 0. The highest BCUT2D eigenvalue weighted by molar-refractivity contribution is 7.09. The molecule has 1 aromatic heterocycles. The molecule has 0 unspecified atom stereocenters. The monoisotopic (exact) mass is 241 g/mol. The molecule has 1 atom stereocenters. The van der Waals surface area contributed by atoms with Crippen LogP contribution < -0.4 is 5.32 Å². The molecule has 1 heterocycles. The number of carboxylic acid groups (broad SMARTS) is 1. The summed E-state index contributed by atoms with van der Waals surface area (Å²) in [4.78, 5) is 13.5. The van der Waals surface area contributed by atoms with Crippen LogP contribution in [0.15, 0.2) is 0 Å². The first-order valence-corrected chi connectivity index (χ1v) is 4.48. The van der Waals surface area contributed by atoms with Gasteiger partial charge in [0, 0.05) is 11.5 Å². The highest BCUT2D eigenvalue weighted by Crippen LogP contribution is 2.28. The molecular weight excluding hydrogens is 235 g/mol. The molecular formula is C6H6F3N3O2S. The number of halogens is 3. The zero-order chi connectivity index (χ0) is 11.6. The van der Waals surface area contributed by atoms with E-state index in [4.69, 9.17) is 5.11 Å². The van der Waals surface area contributed by atoms with Gasteiger partial charge in [-0.3, -0.25) is 4.79 Å². The third-order valence-electron chi connectivity index (χ3n) is 1.39. The van der Waals surface area contributed by atoms with Crippen molar-refractivity contribution in [3.05, 3.63) is 5.82 Å². The highest BCUT2D eigenvalue weighted by atomic mass is 32.1. The van der Waals surface area contributed by atoms with Crippen LogP contribution in [0.25, 0.3) is 0 Å². The van der Waals surface area contributed by atoms with E-state index >= 15 is 0 Å². The first kappa shape index (κ1) is 11.7. The average Bonchev–Trinajstić information content (AvgIpc) is 2.51. The Hall–Kier alpha value is -1.38. The van der Waals surface area contributed by atoms with Crippen LogP contribution in [-0.2, 0) is 11.0 Å². The predicted octanol–water partition coefficient (Wildman–Crippen LogP) is 1.44. The van der Waals surface area contributed by atoms with E-state index in [-0.39, 0.29) is 5.13 Å². The Morgan fingerprint density at radius 1 is 1.60 bits per heavy atom. The number of nitrogens with zero attached hydrogens (tertiary/aromatic N) is 2. The quantitative estimate of drug-likeness (QED) is 0.837. The summed E-state index contributed by atoms with van der Waals surface area (Å²) in [7, 11) is 0. The van der Waals surface area contributed by atoms with E-state index in [2.05, 4.69) is 14.7 Å². The van der Waals surface area contributed by atoms with Crippen molar-refractivity contribution < 1.29 is 23.1 Å². The second-order valence-electron chi connectivity index (χ2n) is 2.63. The molecule has 5 nitrogen and oxygen atoms in total. The van der Waals surface area contributed by atoms with Crippen LogP contribution in [0.4, 0.5) is 18.3 Å². The summed E-state index contributed by atoms with van der Waals surface area (Å²) in [5.74, 6) is -2.45. The molecule has 0 radical (unpaired) electrons. The fourth-order valence-electron chi connectivity index (χ4n) is 0.644. The number of aliphatic carboxylic acids is 1. The van der Waals surface area contributed by atoms with Crippen molar-refractivity contribution in [1.82, 2.24) is 9.36 Å². The van der Waals surface area contributed by atoms with E-state index in [1.54, 1.807) is 0 Å². The van der Waals surface area contributed by atoms with Crippen molar-refractivity contribution in [2.45, 2.75) is 19.1 Å². The first-order valence-electron chi connectivity index (χ1n) is 3.71. The molecule has 2 N–H and O–H groups in total. The molecule has 0 amide bonds. The van der Waals surface area contributed by atoms with Gasteiger partial charge in [0.15, 0.2) is 0 Å². The van der Waals surface area contributed by atoms with Crippen molar-refractivity contribution in [2.24, 2.45) is 0 Å². The predicted molar refractivity (Wildman–Crippen MR) is 45.6 cm³/mol. The number of nitrogens with one attached hydrogen (secondary N) is 1. The molecule has 15 heavy (non-hydrogen) atoms. The Labute approximate surface area is 86.1 Å². The van der Waals surface area contributed by atoms with Crippen LogP contribution in [-0.4, -0.2) is 26.5 Å². The van der Waals surface area contributed by atoms with Gasteiger partial charge in [0.25, 0.3) is 0 Å². The van der Waals surface area contributed by atoms with E-state index < -0.39 is 24.0 Å². The maximum Gasteiger partial charge on any atom is 0.452 e. The molecule has 0 aromatic carbocycles. The second kappa shape index (κ2) is 4.01. The van der Waals surface area contributed by atoms with Crippen LogP contribution in [0, 0.1) is 0 Å². The number of anilines is 1. The summed E-state index contributed by atoms with van der Waals surface area (Å²) in [6.07, 6.45) is -4.61. The minimum Gasteiger partial charge on any atom is -0.480 e. The molecule has 0 aliphatic heterocycles. The van der Waals surface area contributed by atoms with Gasteiger partial charge in [0.2, 0.25) is 11.0 Å². The third-order valence-corrected chi connectivity index (χ3v) is 2.04. The van der Waals surface area contributed by atoms with Crippen molar-refractivity contribution in [1.29, 1.82) is 0 Å². The summed E-state index contributed by atoms with van der Waals surface area (Å²) >= 11 is 0.467. The molecule has 9 heteroatoms. The molecule has 1 aromatic rings. The largest absolute Gasteiger partial charge is 0.480 e. The van der Waals surface area contributed by atoms with E-state index in [0.717, 1.165) is 0 Å². The summed E-state index contributed by atoms with van der Waals surface area (Å²) in [6, 6.07) is -1.01. The molecule has 0 aliphatic carbocycles. The minimum atomic E-state index is -4.61. The average molecular weight is 241 g/mol. The second-order valence-corrected chi connectivity index (χ2v) is 3.38. The smallest absolute Gasteiger partial charge is 0.452 e. The normalized spacial score (nSPS) is 13.6. The summed E-state index contributed by atoms with van der Waals surface area (Å²) < 4.78 is 39.2. The van der Waals surface area contributed by atoms with Crippen LogP contribution in [0.2, 0.25) is 0 Å². The first-order chi connectivity index (χ1) is 6.80. The van der Waals surface area contributed by atoms with Crippen LogP contribution >= 0.6 is 11.5 Å². The molecule has 0 fully saturated rings. The van der Waals surface area contributed by atoms with E-state index in [1.165, 1.54) is 6.92 Å². The molecule has 0 saturated carbocycles. The number of aromatic nitrogens is 2. The lowest BCUT2D eigenvalue weighted by Crippen LogP contribution is -2.25. The zero-order valence-electron chi connectivity index (χ0n) is 7.37. The van der Waals surface area contributed by atoms with E-state index in [9.17, 15) is 18.0 Å². The Kier molecular flexibility index (Phi) is 3.12. The van der Waals surface area contributed by atoms with Crippen molar-refractivity contribution in [2.75, 3.05) is 5.32 Å². The molecule has 0 aliphatic rings. The Balaban J connectivity index is 2.73. The van der Waals surface area contributed by atoms with Crippen LogP contribution in [0.3, 0.4) is 0 Å². The summed E-state index contributed by atoms with van der Waals surface area (Å²) in [6.45, 7) is 1.29. The van der Waals surface area contributed by atoms with E-state index in [0.29, 0.717) is 11.5 Å². The van der Waals surface area contributed by atoms with Gasteiger partial charge >= 0.3 is 12.1 Å². The van der Waals surface area contributed by atoms with Gasteiger partial charge in [0.05, 0.1) is 0 Å². The van der Waals surface area contributed by atoms with Crippen molar-refractivity contribution in [3.8, 4) is 0 Å². The van der Waals surface area contributed by atoms with Gasteiger partial charge in [-0.05, 0) is 6.92 Å². The lowest BCUT2D eigenvalue weighted by molar-refractivity contribution is -0.144. The van der Waals surface area contributed by atoms with Gasteiger partial charge in [-0.15, -0.1) is 0 Å². The van der Waals surface area contributed by atoms with Crippen molar-refractivity contribution in [3.63, 3.8) is 0 Å². The van der Waals surface area contributed by atoms with Crippen LogP contribution in [0.5, 0.6) is 0 Å². The number of alkyl halides is 3. The molecule has 0 spiro atoms. The van der Waals surface area contributed by atoms with Crippen molar-refractivity contribution >= 4 is 22.6 Å². The minimum absolute atomic E-state index is 0.169. The van der Waals surface area contributed by atoms with Gasteiger partial charge in [-0.1, -0.05) is 0 Å². The number of hydrogen-bond donors (Lipinski definition) is 2. The maximum absolute atomic E-state index is 12.0. The highest BCUT2D eigenvalue weighted by Gasteiger charge is 2.36. The van der Waals surface area contributed by atoms with Crippen LogP contribution in [0.1, 0.15) is 12.7 Å². The third kappa shape index (κ3) is 3.05. The number of hydrogen-bond acceptors (Lipinski definition) is 5. The molecule has 1 rings (SSSR count). The SMILES string of the molecule is C[C@@H](Nc1nc(C(F)(F)F)ns1)C(=O)O. The zero-order valence-corrected chi connectivity index (χ0v) is 8.19. The topological polar surface area (TPSA) is 75.1 Å². The number of rotatable bonds is 3. The Bertz CT molecular complexity index is 365. The number of carbonyl (C=O) groups is 1. The molecule has 84 valence electrons. The molecule has 0 bridgehead atoms. The molecule has 0 saturated heterocycles.